The third-order valence-corrected chi connectivity index (χ3v) is 3.76. The molecule has 0 amide bonds. The molecule has 0 N–H and O–H groups in total. The first-order chi connectivity index (χ1) is 6.22. The maximum atomic E-state index is 11.1. The Labute approximate surface area is 85.0 Å². The van der Waals surface area contributed by atoms with Gasteiger partial charge in [0.15, 0.2) is 0 Å². The molecule has 2 heteroatoms. The van der Waals surface area contributed by atoms with Crippen molar-refractivity contribution in [1.82, 2.24) is 0 Å². The van der Waals surface area contributed by atoms with Gasteiger partial charge in [0.25, 0.3) is 0 Å². The molecular weight excluding hydrogens is 180 g/mol. The molecular formula is C11H16OS. The number of carbonyl (C=O) groups is 1. The van der Waals surface area contributed by atoms with E-state index >= 15 is 0 Å². The van der Waals surface area contributed by atoms with Crippen molar-refractivity contribution < 1.29 is 4.79 Å². The van der Waals surface area contributed by atoms with Crippen LogP contribution in [0, 0.1) is 5.41 Å². The molecule has 1 spiro atoms. The zero-order valence-corrected chi connectivity index (χ0v) is 8.78. The molecule has 0 aliphatic heterocycles. The van der Waals surface area contributed by atoms with Crippen molar-refractivity contribution in [2.75, 3.05) is 0 Å². The number of hydrogen-bond donors (Lipinski definition) is 1. The van der Waals surface area contributed by atoms with Crippen LogP contribution in [0.5, 0.6) is 0 Å². The maximum absolute atomic E-state index is 11.1. The Morgan fingerprint density at radius 2 is 1.85 bits per heavy atom. The number of carbonyl (C=O) groups excluding carboxylic acids is 1. The number of rotatable bonds is 1. The summed E-state index contributed by atoms with van der Waals surface area (Å²) in [6, 6.07) is 0. The van der Waals surface area contributed by atoms with E-state index in [9.17, 15) is 4.79 Å². The van der Waals surface area contributed by atoms with Crippen LogP contribution in [0.15, 0.2) is 11.6 Å². The van der Waals surface area contributed by atoms with E-state index in [-0.39, 0.29) is 5.12 Å². The van der Waals surface area contributed by atoms with Crippen LogP contribution in [0.25, 0.3) is 0 Å². The monoisotopic (exact) mass is 196 g/mol. The highest BCUT2D eigenvalue weighted by Gasteiger charge is 2.34. The van der Waals surface area contributed by atoms with Crippen LogP contribution in [0.4, 0.5) is 0 Å². The SMILES string of the molecule is O=C(S)C1=CC2(CCCC2)CCC1. The second kappa shape index (κ2) is 3.49. The second-order valence-corrected chi connectivity index (χ2v) is 4.80. The van der Waals surface area contributed by atoms with Gasteiger partial charge in [-0.25, -0.2) is 0 Å². The summed E-state index contributed by atoms with van der Waals surface area (Å²) in [6.07, 6.45) is 10.9. The minimum Gasteiger partial charge on any atom is -0.282 e. The van der Waals surface area contributed by atoms with E-state index in [1.54, 1.807) is 0 Å². The molecule has 0 atom stereocenters. The minimum absolute atomic E-state index is 0.00836. The van der Waals surface area contributed by atoms with E-state index in [1.165, 1.54) is 38.5 Å². The average Bonchev–Trinajstić information content (AvgIpc) is 2.53. The molecule has 0 saturated heterocycles. The summed E-state index contributed by atoms with van der Waals surface area (Å²) in [7, 11) is 0. The molecule has 2 aliphatic rings. The molecule has 0 aromatic rings. The van der Waals surface area contributed by atoms with Gasteiger partial charge in [0, 0.05) is 5.57 Å². The fraction of sp³-hybridized carbons (Fsp3) is 0.727. The van der Waals surface area contributed by atoms with Crippen molar-refractivity contribution in [2.24, 2.45) is 5.41 Å². The van der Waals surface area contributed by atoms with Crippen molar-refractivity contribution in [3.63, 3.8) is 0 Å². The molecule has 72 valence electrons. The Balaban J connectivity index is 2.21. The Morgan fingerprint density at radius 3 is 2.46 bits per heavy atom. The van der Waals surface area contributed by atoms with E-state index in [4.69, 9.17) is 0 Å². The van der Waals surface area contributed by atoms with E-state index in [1.807, 2.05) is 0 Å². The summed E-state index contributed by atoms with van der Waals surface area (Å²) in [5, 5.41) is -0.00836. The second-order valence-electron chi connectivity index (χ2n) is 4.40. The van der Waals surface area contributed by atoms with Gasteiger partial charge < -0.3 is 0 Å². The first-order valence-electron chi connectivity index (χ1n) is 5.17. The largest absolute Gasteiger partial charge is 0.282 e. The Morgan fingerprint density at radius 1 is 1.23 bits per heavy atom. The third-order valence-electron chi connectivity index (χ3n) is 3.48. The first-order valence-corrected chi connectivity index (χ1v) is 5.62. The molecule has 1 nitrogen and oxygen atoms in total. The van der Waals surface area contributed by atoms with Crippen LogP contribution in [-0.2, 0) is 4.79 Å². The Kier molecular flexibility index (Phi) is 2.50. The summed E-state index contributed by atoms with van der Waals surface area (Å²) in [5.74, 6) is 0. The van der Waals surface area contributed by atoms with Gasteiger partial charge in [-0.15, -0.1) is 12.6 Å². The quantitative estimate of drug-likeness (QED) is 0.638. The summed E-state index contributed by atoms with van der Waals surface area (Å²) < 4.78 is 0. The van der Waals surface area contributed by atoms with Crippen LogP contribution in [0.1, 0.15) is 44.9 Å². The highest BCUT2D eigenvalue weighted by atomic mass is 32.1. The fourth-order valence-corrected chi connectivity index (χ4v) is 2.96. The molecule has 2 aliphatic carbocycles. The molecule has 0 aromatic carbocycles. The lowest BCUT2D eigenvalue weighted by atomic mass is 9.75. The van der Waals surface area contributed by atoms with Gasteiger partial charge in [-0.05, 0) is 37.5 Å². The number of hydrogen-bond acceptors (Lipinski definition) is 1. The predicted molar refractivity (Wildman–Crippen MR) is 56.8 cm³/mol. The molecule has 0 heterocycles. The number of allylic oxidation sites excluding steroid dienone is 1. The minimum atomic E-state index is -0.00836. The van der Waals surface area contributed by atoms with E-state index in [0.717, 1.165) is 12.0 Å². The van der Waals surface area contributed by atoms with E-state index < -0.39 is 0 Å². The van der Waals surface area contributed by atoms with Gasteiger partial charge in [0.05, 0.1) is 0 Å². The summed E-state index contributed by atoms with van der Waals surface area (Å²) >= 11 is 3.91. The molecule has 13 heavy (non-hydrogen) atoms. The highest BCUT2D eigenvalue weighted by molar-refractivity contribution is 7.97. The van der Waals surface area contributed by atoms with Crippen LogP contribution >= 0.6 is 12.6 Å². The molecule has 1 saturated carbocycles. The van der Waals surface area contributed by atoms with Crippen molar-refractivity contribution in [3.8, 4) is 0 Å². The average molecular weight is 196 g/mol. The van der Waals surface area contributed by atoms with Crippen molar-refractivity contribution in [1.29, 1.82) is 0 Å². The predicted octanol–water partition coefficient (Wildman–Crippen LogP) is 3.11. The van der Waals surface area contributed by atoms with Gasteiger partial charge in [-0.3, -0.25) is 4.79 Å². The molecule has 1 fully saturated rings. The Bertz CT molecular complexity index is 249. The van der Waals surface area contributed by atoms with Gasteiger partial charge in [0.1, 0.15) is 0 Å². The van der Waals surface area contributed by atoms with Crippen LogP contribution < -0.4 is 0 Å². The lowest BCUT2D eigenvalue weighted by Crippen LogP contribution is -2.19. The molecule has 0 radical (unpaired) electrons. The summed E-state index contributed by atoms with van der Waals surface area (Å²) in [4.78, 5) is 11.1. The topological polar surface area (TPSA) is 17.1 Å². The molecule has 0 aromatic heterocycles. The van der Waals surface area contributed by atoms with Crippen molar-refractivity contribution in [3.05, 3.63) is 11.6 Å². The van der Waals surface area contributed by atoms with Crippen molar-refractivity contribution >= 4 is 17.7 Å². The summed E-state index contributed by atoms with van der Waals surface area (Å²) in [6.45, 7) is 0. The Hall–Kier alpha value is -0.240. The van der Waals surface area contributed by atoms with Gasteiger partial charge in [-0.2, -0.15) is 0 Å². The van der Waals surface area contributed by atoms with Gasteiger partial charge >= 0.3 is 0 Å². The van der Waals surface area contributed by atoms with Crippen LogP contribution in [0.3, 0.4) is 0 Å². The maximum Gasteiger partial charge on any atom is 0.211 e. The van der Waals surface area contributed by atoms with Crippen LogP contribution in [-0.4, -0.2) is 5.12 Å². The first kappa shape index (κ1) is 9.32. The van der Waals surface area contributed by atoms with E-state index in [2.05, 4.69) is 18.7 Å². The lowest BCUT2D eigenvalue weighted by Gasteiger charge is -2.30. The zero-order chi connectivity index (χ0) is 9.31. The summed E-state index contributed by atoms with van der Waals surface area (Å²) in [5.41, 5.74) is 1.36. The van der Waals surface area contributed by atoms with Gasteiger partial charge in [0.2, 0.25) is 5.12 Å². The molecule has 0 bridgehead atoms. The van der Waals surface area contributed by atoms with Crippen LogP contribution in [0.2, 0.25) is 0 Å². The molecule has 2 rings (SSSR count). The standard InChI is InChI=1S/C11H16OS/c12-10(13)9-4-3-7-11(8-9)5-1-2-6-11/h8H,1-7H2,(H,12,13). The zero-order valence-electron chi connectivity index (χ0n) is 7.88. The lowest BCUT2D eigenvalue weighted by molar-refractivity contribution is -0.108. The number of thiol groups is 1. The van der Waals surface area contributed by atoms with Crippen molar-refractivity contribution in [2.45, 2.75) is 44.9 Å². The van der Waals surface area contributed by atoms with E-state index in [0.29, 0.717) is 5.41 Å². The fourth-order valence-electron chi connectivity index (χ4n) is 2.79. The molecule has 0 unspecified atom stereocenters. The third kappa shape index (κ3) is 1.83. The highest BCUT2D eigenvalue weighted by Crippen LogP contribution is 2.47. The normalized spacial score (nSPS) is 26.1. The van der Waals surface area contributed by atoms with Gasteiger partial charge in [-0.1, -0.05) is 18.9 Å². The smallest absolute Gasteiger partial charge is 0.211 e.